The molecule has 1 aliphatic rings. The summed E-state index contributed by atoms with van der Waals surface area (Å²) in [6.45, 7) is 6.12. The molecule has 3 heterocycles. The van der Waals surface area contributed by atoms with Gasteiger partial charge in [-0.1, -0.05) is 6.07 Å². The van der Waals surface area contributed by atoms with Crippen molar-refractivity contribution in [3.05, 3.63) is 42.1 Å². The van der Waals surface area contributed by atoms with Gasteiger partial charge in [-0.2, -0.15) is 0 Å². The Morgan fingerprint density at radius 2 is 2.00 bits per heavy atom. The molecule has 8 heteroatoms. The average molecular weight is 409 g/mol. The second-order valence-corrected chi connectivity index (χ2v) is 7.59. The first-order chi connectivity index (χ1) is 14.7. The minimum absolute atomic E-state index is 0.160. The number of aromatic nitrogens is 2. The number of nitrogens with zero attached hydrogens (tertiary/aromatic N) is 3. The number of carbonyl (C=O) groups excluding carboxylic acids is 1. The van der Waals surface area contributed by atoms with Crippen molar-refractivity contribution in [1.82, 2.24) is 14.5 Å². The number of hydrogen-bond donors (Lipinski definition) is 4. The Morgan fingerprint density at radius 3 is 2.80 bits per heavy atom. The molecular formula is C22H28N6O2. The third-order valence-corrected chi connectivity index (χ3v) is 5.43. The topological polar surface area (TPSA) is 93.9 Å². The van der Waals surface area contributed by atoms with Crippen LogP contribution in [0, 0.1) is 6.92 Å². The van der Waals surface area contributed by atoms with Gasteiger partial charge in [-0.15, -0.1) is 5.10 Å². The van der Waals surface area contributed by atoms with E-state index in [0.717, 1.165) is 60.7 Å². The monoisotopic (exact) mass is 408 g/mol. The third kappa shape index (κ3) is 4.33. The van der Waals surface area contributed by atoms with Gasteiger partial charge in [-0.3, -0.25) is 0 Å². The van der Waals surface area contributed by atoms with Crippen molar-refractivity contribution in [2.75, 3.05) is 48.7 Å². The van der Waals surface area contributed by atoms with E-state index in [0.29, 0.717) is 5.69 Å². The van der Waals surface area contributed by atoms with Gasteiger partial charge in [0.15, 0.2) is 5.82 Å². The lowest BCUT2D eigenvalue weighted by molar-refractivity contribution is -0.106. The van der Waals surface area contributed by atoms with Gasteiger partial charge < -0.3 is 30.8 Å². The second-order valence-electron chi connectivity index (χ2n) is 7.59. The van der Waals surface area contributed by atoms with E-state index in [1.54, 1.807) is 6.07 Å². The second kappa shape index (κ2) is 9.04. The van der Waals surface area contributed by atoms with Crippen LogP contribution in [-0.2, 0) is 4.79 Å². The Morgan fingerprint density at radius 1 is 1.17 bits per heavy atom. The fourth-order valence-corrected chi connectivity index (χ4v) is 3.82. The average Bonchev–Trinajstić information content (AvgIpc) is 3.38. The molecule has 1 fully saturated rings. The van der Waals surface area contributed by atoms with E-state index < -0.39 is 0 Å². The Balaban J connectivity index is 1.62. The van der Waals surface area contributed by atoms with E-state index in [9.17, 15) is 9.90 Å². The van der Waals surface area contributed by atoms with E-state index in [-0.39, 0.29) is 12.3 Å². The minimum atomic E-state index is 0.160. The van der Waals surface area contributed by atoms with Crippen LogP contribution < -0.4 is 16.0 Å². The lowest BCUT2D eigenvalue weighted by Gasteiger charge is -2.17. The number of benzene rings is 1. The minimum Gasteiger partial charge on any atom is -0.508 e. The maximum Gasteiger partial charge on any atom is 0.173 e. The fraction of sp³-hybridized carbons (Fsp3) is 0.364. The first-order valence-corrected chi connectivity index (χ1v) is 10.4. The number of hydrogen-bond acceptors (Lipinski definition) is 7. The molecule has 0 aliphatic carbocycles. The maximum absolute atomic E-state index is 10.8. The highest BCUT2D eigenvalue weighted by atomic mass is 16.3. The lowest BCUT2D eigenvalue weighted by Crippen LogP contribution is -2.26. The molecule has 30 heavy (non-hydrogen) atoms. The van der Waals surface area contributed by atoms with Crippen LogP contribution in [-0.4, -0.2) is 58.6 Å². The van der Waals surface area contributed by atoms with E-state index in [1.807, 2.05) is 41.9 Å². The fourth-order valence-electron chi connectivity index (χ4n) is 3.82. The molecule has 0 amide bonds. The molecule has 3 aromatic rings. The van der Waals surface area contributed by atoms with Gasteiger partial charge in [-0.05, 0) is 56.6 Å². The number of phenols is 1. The Hall–Kier alpha value is -3.26. The highest BCUT2D eigenvalue weighted by molar-refractivity contribution is 5.90. The van der Waals surface area contributed by atoms with Crippen molar-refractivity contribution >= 4 is 34.7 Å². The van der Waals surface area contributed by atoms with Crippen molar-refractivity contribution in [1.29, 1.82) is 0 Å². The smallest absolute Gasteiger partial charge is 0.173 e. The zero-order valence-electron chi connectivity index (χ0n) is 17.2. The van der Waals surface area contributed by atoms with E-state index in [2.05, 4.69) is 20.9 Å². The molecule has 1 aromatic carbocycles. The van der Waals surface area contributed by atoms with Crippen LogP contribution in [0.4, 0.5) is 22.9 Å². The molecule has 4 N–H and O–H groups in total. The van der Waals surface area contributed by atoms with Crippen LogP contribution >= 0.6 is 0 Å². The van der Waals surface area contributed by atoms with Crippen LogP contribution in [0.15, 0.2) is 36.5 Å². The molecular weight excluding hydrogens is 380 g/mol. The summed E-state index contributed by atoms with van der Waals surface area (Å²) in [5.41, 5.74) is 3.97. The zero-order chi connectivity index (χ0) is 20.9. The van der Waals surface area contributed by atoms with Crippen LogP contribution in [0.2, 0.25) is 0 Å². The summed E-state index contributed by atoms with van der Waals surface area (Å²) < 4.78 is 1.84. The zero-order valence-corrected chi connectivity index (χ0v) is 17.2. The largest absolute Gasteiger partial charge is 0.508 e. The molecule has 4 rings (SSSR count). The third-order valence-electron chi connectivity index (χ3n) is 5.43. The Kier molecular flexibility index (Phi) is 6.04. The molecule has 0 saturated carbocycles. The molecule has 0 atom stereocenters. The van der Waals surface area contributed by atoms with Gasteiger partial charge in [-0.25, -0.2) is 4.52 Å². The number of carbonyl (C=O) groups is 1. The number of phenolic OH excluding ortho intramolecular Hbond substituents is 1. The molecule has 0 unspecified atom stereocenters. The van der Waals surface area contributed by atoms with Crippen LogP contribution in [0.1, 0.15) is 18.4 Å². The van der Waals surface area contributed by atoms with Gasteiger partial charge in [0, 0.05) is 25.4 Å². The predicted octanol–water partition coefficient (Wildman–Crippen LogP) is 3.21. The highest BCUT2D eigenvalue weighted by Crippen LogP contribution is 2.36. The molecule has 2 aromatic heterocycles. The predicted molar refractivity (Wildman–Crippen MR) is 120 cm³/mol. The number of aryl methyl sites for hydroxylation is 1. The summed E-state index contributed by atoms with van der Waals surface area (Å²) in [6.07, 6.45) is 5.26. The molecule has 158 valence electrons. The van der Waals surface area contributed by atoms with Crippen LogP contribution in [0.25, 0.3) is 5.52 Å². The number of fused-ring (bicyclic) bond motifs is 1. The normalized spacial score (nSPS) is 14.2. The summed E-state index contributed by atoms with van der Waals surface area (Å²) in [6, 6.07) is 9.42. The van der Waals surface area contributed by atoms with Crippen LogP contribution in [0.5, 0.6) is 5.75 Å². The Bertz CT molecular complexity index is 1030. The SMILES string of the molecule is Cc1cc(Nc2c(NCCN3CCCC3)nn3ccccc23)c(NCC=O)cc1O. The van der Waals surface area contributed by atoms with Gasteiger partial charge in [0.2, 0.25) is 0 Å². The number of nitrogens with one attached hydrogen (secondary N) is 3. The lowest BCUT2D eigenvalue weighted by atomic mass is 10.1. The molecule has 8 nitrogen and oxygen atoms in total. The van der Waals surface area contributed by atoms with Crippen LogP contribution in [0.3, 0.4) is 0 Å². The van der Waals surface area contributed by atoms with E-state index in [4.69, 9.17) is 5.10 Å². The van der Waals surface area contributed by atoms with Gasteiger partial charge in [0.1, 0.15) is 17.7 Å². The molecule has 0 bridgehead atoms. The summed E-state index contributed by atoms with van der Waals surface area (Å²) in [5.74, 6) is 0.949. The number of pyridine rings is 1. The van der Waals surface area contributed by atoms with E-state index >= 15 is 0 Å². The molecule has 1 aliphatic heterocycles. The summed E-state index contributed by atoms with van der Waals surface area (Å²) in [4.78, 5) is 13.3. The number of anilines is 4. The van der Waals surface area contributed by atoms with Crippen molar-refractivity contribution in [2.24, 2.45) is 0 Å². The number of aromatic hydroxyl groups is 1. The Labute approximate surface area is 175 Å². The first-order valence-electron chi connectivity index (χ1n) is 10.4. The summed E-state index contributed by atoms with van der Waals surface area (Å²) in [5, 5.41) is 24.8. The number of aldehydes is 1. The quantitative estimate of drug-likeness (QED) is 0.319. The van der Waals surface area contributed by atoms with Gasteiger partial charge in [0.25, 0.3) is 0 Å². The standard InChI is InChI=1S/C22H28N6O2/c1-16-14-18(17(15-20(16)30)23-8-13-29)25-21-19-6-2-3-11-28(19)26-22(21)24-7-12-27-9-4-5-10-27/h2-3,6,11,13-15,23,25,30H,4-5,7-10,12H2,1H3,(H,24,26). The van der Waals surface area contributed by atoms with E-state index in [1.165, 1.54) is 12.8 Å². The highest BCUT2D eigenvalue weighted by Gasteiger charge is 2.16. The number of rotatable bonds is 9. The maximum atomic E-state index is 10.8. The molecule has 1 saturated heterocycles. The number of likely N-dealkylation sites (tertiary alicyclic amines) is 1. The van der Waals surface area contributed by atoms with Gasteiger partial charge in [0.05, 0.1) is 23.4 Å². The van der Waals surface area contributed by atoms with Crippen molar-refractivity contribution < 1.29 is 9.90 Å². The van der Waals surface area contributed by atoms with Crippen molar-refractivity contribution in [3.8, 4) is 5.75 Å². The molecule has 0 spiro atoms. The summed E-state index contributed by atoms with van der Waals surface area (Å²) >= 11 is 0. The first kappa shape index (κ1) is 20.0. The van der Waals surface area contributed by atoms with Crippen molar-refractivity contribution in [3.63, 3.8) is 0 Å². The molecule has 0 radical (unpaired) electrons. The summed E-state index contributed by atoms with van der Waals surface area (Å²) in [7, 11) is 0. The van der Waals surface area contributed by atoms with Crippen molar-refractivity contribution in [2.45, 2.75) is 19.8 Å². The van der Waals surface area contributed by atoms with Gasteiger partial charge >= 0.3 is 0 Å².